The van der Waals surface area contributed by atoms with Crippen LogP contribution in [0.4, 0.5) is 5.69 Å². The van der Waals surface area contributed by atoms with E-state index in [2.05, 4.69) is 4.72 Å². The third kappa shape index (κ3) is 3.34. The van der Waals surface area contributed by atoms with Crippen LogP contribution in [0.1, 0.15) is 15.9 Å². The molecular weight excluding hydrogens is 308 g/mol. The SMILES string of the molecule is Cc1ccn(-c2ccc(NS(C)(=O)=O)cc2)c(=O)c1C(=O)O. The average Bonchev–Trinajstić information content (AvgIpc) is 2.38. The number of carboxylic acid groups (broad SMARTS) is 1. The number of anilines is 1. The Morgan fingerprint density at radius 2 is 1.77 bits per heavy atom. The van der Waals surface area contributed by atoms with Crippen molar-refractivity contribution in [3.05, 3.63) is 58.0 Å². The summed E-state index contributed by atoms with van der Waals surface area (Å²) in [5.41, 5.74) is 0.234. The van der Waals surface area contributed by atoms with Crippen LogP contribution < -0.4 is 10.3 Å². The Balaban J connectivity index is 2.48. The van der Waals surface area contributed by atoms with Crippen molar-refractivity contribution < 1.29 is 18.3 Å². The van der Waals surface area contributed by atoms with Crippen LogP contribution in [0, 0.1) is 6.92 Å². The summed E-state index contributed by atoms with van der Waals surface area (Å²) >= 11 is 0. The lowest BCUT2D eigenvalue weighted by Crippen LogP contribution is -2.26. The second kappa shape index (κ2) is 5.64. The molecule has 0 saturated carbocycles. The van der Waals surface area contributed by atoms with E-state index < -0.39 is 21.6 Å². The molecule has 2 rings (SSSR count). The number of benzene rings is 1. The Kier molecular flexibility index (Phi) is 4.05. The fourth-order valence-corrected chi connectivity index (χ4v) is 2.56. The van der Waals surface area contributed by atoms with Gasteiger partial charge in [0.1, 0.15) is 5.56 Å². The highest BCUT2D eigenvalue weighted by atomic mass is 32.2. The molecule has 0 aliphatic carbocycles. The van der Waals surface area contributed by atoms with Crippen molar-refractivity contribution in [3.63, 3.8) is 0 Å². The van der Waals surface area contributed by atoms with Crippen LogP contribution in [0.25, 0.3) is 5.69 Å². The number of hydrogen-bond donors (Lipinski definition) is 2. The Morgan fingerprint density at radius 1 is 1.18 bits per heavy atom. The molecule has 8 heteroatoms. The number of sulfonamides is 1. The van der Waals surface area contributed by atoms with Gasteiger partial charge in [-0.3, -0.25) is 14.1 Å². The third-order valence-corrected chi connectivity index (χ3v) is 3.57. The van der Waals surface area contributed by atoms with E-state index in [-0.39, 0.29) is 5.56 Å². The van der Waals surface area contributed by atoms with E-state index in [1.807, 2.05) is 0 Å². The minimum atomic E-state index is -3.38. The topological polar surface area (TPSA) is 105 Å². The normalized spacial score (nSPS) is 11.2. The molecule has 0 bridgehead atoms. The first-order chi connectivity index (χ1) is 10.2. The Bertz CT molecular complexity index is 882. The van der Waals surface area contributed by atoms with Gasteiger partial charge in [-0.2, -0.15) is 0 Å². The minimum absolute atomic E-state index is 0.291. The van der Waals surface area contributed by atoms with Crippen LogP contribution in [0.2, 0.25) is 0 Å². The summed E-state index contributed by atoms with van der Waals surface area (Å²) in [6.07, 6.45) is 2.51. The number of carbonyl (C=O) groups is 1. The first-order valence-electron chi connectivity index (χ1n) is 6.23. The van der Waals surface area contributed by atoms with Crippen LogP contribution in [0.15, 0.2) is 41.3 Å². The molecule has 0 aliphatic heterocycles. The van der Waals surface area contributed by atoms with E-state index in [0.717, 1.165) is 6.26 Å². The maximum atomic E-state index is 12.2. The molecule has 0 saturated heterocycles. The van der Waals surface area contributed by atoms with Crippen LogP contribution >= 0.6 is 0 Å². The first kappa shape index (κ1) is 15.8. The predicted molar refractivity (Wildman–Crippen MR) is 82.2 cm³/mol. The summed E-state index contributed by atoms with van der Waals surface area (Å²) in [7, 11) is -3.38. The maximum Gasteiger partial charge on any atom is 0.341 e. The molecule has 2 N–H and O–H groups in total. The lowest BCUT2D eigenvalue weighted by molar-refractivity contribution is 0.0693. The van der Waals surface area contributed by atoms with Gasteiger partial charge in [0.15, 0.2) is 0 Å². The van der Waals surface area contributed by atoms with Crippen LogP contribution in [0.3, 0.4) is 0 Å². The predicted octanol–water partition coefficient (Wildman–Crippen LogP) is 1.22. The van der Waals surface area contributed by atoms with Gasteiger partial charge in [-0.05, 0) is 42.8 Å². The molecule has 0 spiro atoms. The average molecular weight is 322 g/mol. The first-order valence-corrected chi connectivity index (χ1v) is 8.12. The van der Waals surface area contributed by atoms with Crippen molar-refractivity contribution in [2.45, 2.75) is 6.92 Å². The van der Waals surface area contributed by atoms with Crippen molar-refractivity contribution in [2.24, 2.45) is 0 Å². The molecule has 22 heavy (non-hydrogen) atoms. The molecule has 1 aromatic carbocycles. The lowest BCUT2D eigenvalue weighted by atomic mass is 10.1. The van der Waals surface area contributed by atoms with Gasteiger partial charge in [0.25, 0.3) is 5.56 Å². The Labute approximate surface area is 126 Å². The van der Waals surface area contributed by atoms with Gasteiger partial charge in [-0.15, -0.1) is 0 Å². The van der Waals surface area contributed by atoms with Crippen LogP contribution in [0.5, 0.6) is 0 Å². The highest BCUT2D eigenvalue weighted by Crippen LogP contribution is 2.14. The molecule has 0 aliphatic rings. The summed E-state index contributed by atoms with van der Waals surface area (Å²) in [6, 6.07) is 7.56. The molecule has 116 valence electrons. The molecular formula is C14H14N2O5S. The summed E-state index contributed by atoms with van der Waals surface area (Å²) in [4.78, 5) is 23.4. The lowest BCUT2D eigenvalue weighted by Gasteiger charge is -2.10. The van der Waals surface area contributed by atoms with Gasteiger partial charge >= 0.3 is 5.97 Å². The highest BCUT2D eigenvalue weighted by Gasteiger charge is 2.15. The second-order valence-electron chi connectivity index (χ2n) is 4.78. The van der Waals surface area contributed by atoms with Crippen LogP contribution in [-0.4, -0.2) is 30.3 Å². The molecule has 1 aromatic heterocycles. The largest absolute Gasteiger partial charge is 0.477 e. The number of aromatic carboxylic acids is 1. The number of pyridine rings is 1. The molecule has 7 nitrogen and oxygen atoms in total. The Hall–Kier alpha value is -2.61. The fourth-order valence-electron chi connectivity index (χ4n) is 1.99. The molecule has 0 unspecified atom stereocenters. The number of rotatable bonds is 4. The van der Waals surface area contributed by atoms with Gasteiger partial charge in [0.05, 0.1) is 6.26 Å². The van der Waals surface area contributed by atoms with Gasteiger partial charge in [-0.1, -0.05) is 0 Å². The summed E-state index contributed by atoms with van der Waals surface area (Å²) in [5.74, 6) is -1.28. The van der Waals surface area contributed by atoms with Gasteiger partial charge in [-0.25, -0.2) is 13.2 Å². The third-order valence-electron chi connectivity index (χ3n) is 2.96. The number of carboxylic acids is 1. The van der Waals surface area contributed by atoms with Gasteiger partial charge < -0.3 is 5.11 Å². The van der Waals surface area contributed by atoms with Crippen molar-refractivity contribution in [2.75, 3.05) is 11.0 Å². The smallest absolute Gasteiger partial charge is 0.341 e. The number of nitrogens with one attached hydrogen (secondary N) is 1. The van der Waals surface area contributed by atoms with E-state index >= 15 is 0 Å². The quantitative estimate of drug-likeness (QED) is 0.880. The van der Waals surface area contributed by atoms with E-state index in [9.17, 15) is 18.0 Å². The fraction of sp³-hybridized carbons (Fsp3) is 0.143. The second-order valence-corrected chi connectivity index (χ2v) is 6.52. The van der Waals surface area contributed by atoms with E-state index in [4.69, 9.17) is 5.11 Å². The molecule has 0 fully saturated rings. The zero-order chi connectivity index (χ0) is 16.5. The standard InChI is InChI=1S/C14H14N2O5S/c1-9-7-8-16(13(17)12(9)14(18)19)11-5-3-10(4-6-11)15-22(2,20)21/h3-8,15H,1-2H3,(H,18,19). The highest BCUT2D eigenvalue weighted by molar-refractivity contribution is 7.92. The summed E-state index contributed by atoms with van der Waals surface area (Å²) in [6.45, 7) is 1.55. The number of aromatic nitrogens is 1. The monoisotopic (exact) mass is 322 g/mol. The van der Waals surface area contributed by atoms with E-state index in [0.29, 0.717) is 16.9 Å². The molecule has 2 aromatic rings. The molecule has 0 amide bonds. The molecule has 0 radical (unpaired) electrons. The number of hydrogen-bond acceptors (Lipinski definition) is 4. The Morgan fingerprint density at radius 3 is 2.27 bits per heavy atom. The molecule has 0 atom stereocenters. The van der Waals surface area contributed by atoms with Crippen molar-refractivity contribution >= 4 is 21.7 Å². The number of aryl methyl sites for hydroxylation is 1. The zero-order valence-corrected chi connectivity index (χ0v) is 12.7. The van der Waals surface area contributed by atoms with Gasteiger partial charge in [0, 0.05) is 17.6 Å². The van der Waals surface area contributed by atoms with Crippen molar-refractivity contribution in [1.29, 1.82) is 0 Å². The number of nitrogens with zero attached hydrogens (tertiary/aromatic N) is 1. The van der Waals surface area contributed by atoms with Crippen molar-refractivity contribution in [1.82, 2.24) is 4.57 Å². The van der Waals surface area contributed by atoms with E-state index in [1.54, 1.807) is 6.92 Å². The van der Waals surface area contributed by atoms with Crippen molar-refractivity contribution in [3.8, 4) is 5.69 Å². The molecule has 1 heterocycles. The summed E-state index contributed by atoms with van der Waals surface area (Å²) < 4.78 is 25.8. The maximum absolute atomic E-state index is 12.2. The zero-order valence-electron chi connectivity index (χ0n) is 11.9. The minimum Gasteiger partial charge on any atom is -0.477 e. The van der Waals surface area contributed by atoms with E-state index in [1.165, 1.54) is 41.1 Å². The summed E-state index contributed by atoms with van der Waals surface area (Å²) in [5, 5.41) is 9.10. The van der Waals surface area contributed by atoms with Gasteiger partial charge in [0.2, 0.25) is 10.0 Å². The van der Waals surface area contributed by atoms with Crippen LogP contribution in [-0.2, 0) is 10.0 Å².